The molecule has 2 rings (SSSR count). The summed E-state index contributed by atoms with van der Waals surface area (Å²) in [5.74, 6) is 0.539. The topological polar surface area (TPSA) is 67.9 Å². The zero-order valence-corrected chi connectivity index (χ0v) is 8.17. The molecule has 1 N–H and O–H groups in total. The predicted molar refractivity (Wildman–Crippen MR) is 52.5 cm³/mol. The third kappa shape index (κ3) is 1.64. The highest BCUT2D eigenvalue weighted by molar-refractivity contribution is 7.12. The van der Waals surface area contributed by atoms with E-state index in [1.807, 2.05) is 0 Å². The molecular formula is C8H7N3O2S. The van der Waals surface area contributed by atoms with Gasteiger partial charge in [0.15, 0.2) is 0 Å². The average Bonchev–Trinajstić information content (AvgIpc) is 2.65. The highest BCUT2D eigenvalue weighted by atomic mass is 32.1. The number of methoxy groups -OCH3 is 1. The van der Waals surface area contributed by atoms with E-state index in [0.717, 1.165) is 16.9 Å². The van der Waals surface area contributed by atoms with Crippen molar-refractivity contribution in [2.75, 3.05) is 7.11 Å². The van der Waals surface area contributed by atoms with Crippen LogP contribution in [-0.4, -0.2) is 22.3 Å². The van der Waals surface area contributed by atoms with Crippen molar-refractivity contribution in [3.05, 3.63) is 28.0 Å². The quantitative estimate of drug-likeness (QED) is 0.798. The second kappa shape index (κ2) is 3.59. The first-order chi connectivity index (χ1) is 6.79. The van der Waals surface area contributed by atoms with Gasteiger partial charge in [-0.1, -0.05) is 11.3 Å². The molecule has 0 saturated heterocycles. The molecule has 72 valence electrons. The van der Waals surface area contributed by atoms with Gasteiger partial charge in [0.1, 0.15) is 5.01 Å². The van der Waals surface area contributed by atoms with E-state index in [1.54, 1.807) is 25.4 Å². The molecule has 2 heterocycles. The molecule has 0 aliphatic carbocycles. The number of pyridine rings is 1. The number of aromatic nitrogens is 3. The first-order valence-electron chi connectivity index (χ1n) is 3.85. The summed E-state index contributed by atoms with van der Waals surface area (Å²) >= 11 is 1.05. The van der Waals surface area contributed by atoms with Gasteiger partial charge in [0.25, 0.3) is 0 Å². The highest BCUT2D eigenvalue weighted by Crippen LogP contribution is 2.18. The predicted octanol–water partition coefficient (Wildman–Crippen LogP) is 0.902. The van der Waals surface area contributed by atoms with Crippen molar-refractivity contribution in [3.63, 3.8) is 0 Å². The molecular weight excluding hydrogens is 202 g/mol. The van der Waals surface area contributed by atoms with Gasteiger partial charge in [-0.05, 0) is 6.07 Å². The van der Waals surface area contributed by atoms with E-state index in [9.17, 15) is 4.79 Å². The number of H-pyrrole nitrogens is 1. The number of nitrogens with one attached hydrogen (secondary N) is 1. The van der Waals surface area contributed by atoms with Crippen molar-refractivity contribution in [1.82, 2.24) is 15.2 Å². The highest BCUT2D eigenvalue weighted by Gasteiger charge is 2.03. The summed E-state index contributed by atoms with van der Waals surface area (Å²) in [5.41, 5.74) is 0.800. The second-order valence-corrected chi connectivity index (χ2v) is 3.47. The van der Waals surface area contributed by atoms with Crippen molar-refractivity contribution in [2.45, 2.75) is 0 Å². The Bertz CT molecular complexity index is 474. The average molecular weight is 209 g/mol. The fourth-order valence-corrected chi connectivity index (χ4v) is 1.58. The minimum atomic E-state index is -0.171. The number of ether oxygens (including phenoxy) is 1. The number of hydrogen-bond donors (Lipinski definition) is 1. The Hall–Kier alpha value is -1.69. The first-order valence-corrected chi connectivity index (χ1v) is 4.67. The Labute approximate surface area is 83.4 Å². The lowest BCUT2D eigenvalue weighted by atomic mass is 10.3. The third-order valence-electron chi connectivity index (χ3n) is 1.63. The molecule has 0 aliphatic rings. The van der Waals surface area contributed by atoms with Gasteiger partial charge in [-0.25, -0.2) is 10.1 Å². The second-order valence-electron chi connectivity index (χ2n) is 2.51. The largest absolute Gasteiger partial charge is 0.481 e. The lowest BCUT2D eigenvalue weighted by Gasteiger charge is -1.97. The lowest BCUT2D eigenvalue weighted by Crippen LogP contribution is -1.90. The van der Waals surface area contributed by atoms with Crippen molar-refractivity contribution < 1.29 is 4.74 Å². The van der Waals surface area contributed by atoms with Crippen molar-refractivity contribution >= 4 is 11.3 Å². The van der Waals surface area contributed by atoms with Crippen LogP contribution in [0.25, 0.3) is 10.6 Å². The van der Waals surface area contributed by atoms with E-state index in [4.69, 9.17) is 4.74 Å². The van der Waals surface area contributed by atoms with Crippen LogP contribution in [0.15, 0.2) is 23.1 Å². The van der Waals surface area contributed by atoms with Crippen LogP contribution in [0.1, 0.15) is 0 Å². The Kier molecular flexibility index (Phi) is 2.28. The SMILES string of the molecule is COc1ccc(-c2n[nH]c(=O)s2)cn1. The Balaban J connectivity index is 2.38. The van der Waals surface area contributed by atoms with Crippen molar-refractivity contribution in [1.29, 1.82) is 0 Å². The summed E-state index contributed by atoms with van der Waals surface area (Å²) in [5, 5.41) is 6.82. The van der Waals surface area contributed by atoms with Gasteiger partial charge in [-0.2, -0.15) is 5.10 Å². The molecule has 2 aromatic heterocycles. The molecule has 5 nitrogen and oxygen atoms in total. The van der Waals surface area contributed by atoms with Gasteiger partial charge >= 0.3 is 4.87 Å². The number of nitrogens with zero attached hydrogens (tertiary/aromatic N) is 2. The minimum absolute atomic E-state index is 0.171. The van der Waals surface area contributed by atoms with Crippen molar-refractivity contribution in [2.24, 2.45) is 0 Å². The standard InChI is InChI=1S/C8H7N3O2S/c1-13-6-3-2-5(4-9-6)7-10-11-8(12)14-7/h2-4H,1H3,(H,11,12). The van der Waals surface area contributed by atoms with Gasteiger partial charge in [0.2, 0.25) is 5.88 Å². The summed E-state index contributed by atoms with van der Waals surface area (Å²) in [6, 6.07) is 3.53. The molecule has 0 atom stereocenters. The Morgan fingerprint density at radius 1 is 1.50 bits per heavy atom. The molecule has 0 saturated carbocycles. The molecule has 0 amide bonds. The van der Waals surface area contributed by atoms with E-state index >= 15 is 0 Å². The van der Waals surface area contributed by atoms with Gasteiger partial charge in [0, 0.05) is 17.8 Å². The van der Waals surface area contributed by atoms with Crippen LogP contribution in [0.5, 0.6) is 5.88 Å². The monoisotopic (exact) mass is 209 g/mol. The van der Waals surface area contributed by atoms with Crippen LogP contribution < -0.4 is 9.61 Å². The van der Waals surface area contributed by atoms with E-state index in [-0.39, 0.29) is 4.87 Å². The Morgan fingerprint density at radius 3 is 2.86 bits per heavy atom. The zero-order chi connectivity index (χ0) is 9.97. The van der Waals surface area contributed by atoms with Crippen LogP contribution in [-0.2, 0) is 0 Å². The first kappa shape index (κ1) is 8.89. The van der Waals surface area contributed by atoms with Crippen LogP contribution >= 0.6 is 11.3 Å². The normalized spacial score (nSPS) is 10.1. The summed E-state index contributed by atoms with van der Waals surface area (Å²) in [4.78, 5) is 14.7. The molecule has 0 bridgehead atoms. The van der Waals surface area contributed by atoms with E-state index in [0.29, 0.717) is 10.9 Å². The number of hydrogen-bond acceptors (Lipinski definition) is 5. The fourth-order valence-electron chi connectivity index (χ4n) is 0.981. The zero-order valence-electron chi connectivity index (χ0n) is 7.35. The van der Waals surface area contributed by atoms with E-state index < -0.39 is 0 Å². The summed E-state index contributed by atoms with van der Waals surface area (Å²) in [6.07, 6.45) is 1.62. The van der Waals surface area contributed by atoms with Gasteiger partial charge in [-0.15, -0.1) is 0 Å². The van der Waals surface area contributed by atoms with E-state index in [1.165, 1.54) is 0 Å². The van der Waals surface area contributed by atoms with Crippen molar-refractivity contribution in [3.8, 4) is 16.5 Å². The molecule has 0 radical (unpaired) electrons. The molecule has 0 aliphatic heterocycles. The molecule has 14 heavy (non-hydrogen) atoms. The summed E-state index contributed by atoms with van der Waals surface area (Å²) < 4.78 is 4.91. The molecule has 0 aromatic carbocycles. The Morgan fingerprint density at radius 2 is 2.36 bits per heavy atom. The minimum Gasteiger partial charge on any atom is -0.481 e. The molecule has 0 unspecified atom stereocenters. The molecule has 0 spiro atoms. The molecule has 2 aromatic rings. The van der Waals surface area contributed by atoms with Crippen LogP contribution in [0.2, 0.25) is 0 Å². The third-order valence-corrected chi connectivity index (χ3v) is 2.43. The molecule has 6 heteroatoms. The fraction of sp³-hybridized carbons (Fsp3) is 0.125. The smallest absolute Gasteiger partial charge is 0.322 e. The van der Waals surface area contributed by atoms with Gasteiger partial charge in [0.05, 0.1) is 7.11 Å². The maximum atomic E-state index is 10.8. The van der Waals surface area contributed by atoms with Crippen LogP contribution in [0.3, 0.4) is 0 Å². The van der Waals surface area contributed by atoms with E-state index in [2.05, 4.69) is 15.2 Å². The maximum absolute atomic E-state index is 10.8. The maximum Gasteiger partial charge on any atom is 0.322 e. The van der Waals surface area contributed by atoms with Crippen LogP contribution in [0, 0.1) is 0 Å². The lowest BCUT2D eigenvalue weighted by molar-refractivity contribution is 0.398. The number of rotatable bonds is 2. The number of aromatic amines is 1. The van der Waals surface area contributed by atoms with Gasteiger partial charge in [-0.3, -0.25) is 4.79 Å². The van der Waals surface area contributed by atoms with Crippen LogP contribution in [0.4, 0.5) is 0 Å². The summed E-state index contributed by atoms with van der Waals surface area (Å²) in [7, 11) is 1.55. The summed E-state index contributed by atoms with van der Waals surface area (Å²) in [6.45, 7) is 0. The molecule has 0 fully saturated rings. The van der Waals surface area contributed by atoms with Gasteiger partial charge < -0.3 is 4.74 Å².